The van der Waals surface area contributed by atoms with E-state index in [0.717, 1.165) is 37.9 Å². The molecule has 1 aromatic heterocycles. The maximum atomic E-state index is 13.8. The quantitative estimate of drug-likeness (QED) is 0.218. The van der Waals surface area contributed by atoms with Crippen LogP contribution in [-0.4, -0.2) is 78.4 Å². The highest BCUT2D eigenvalue weighted by Gasteiger charge is 2.47. The molecule has 0 spiro atoms. The predicted molar refractivity (Wildman–Crippen MR) is 160 cm³/mol. The molecule has 0 bridgehead atoms. The van der Waals surface area contributed by atoms with Crippen LogP contribution in [0.1, 0.15) is 75.3 Å². The molecular formula is C30H47BN6O3. The lowest BCUT2D eigenvalue weighted by atomic mass is 9.68. The van der Waals surface area contributed by atoms with Crippen LogP contribution in [0.2, 0.25) is 0 Å². The van der Waals surface area contributed by atoms with Crippen LogP contribution in [0.25, 0.3) is 0 Å². The molecule has 3 atom stereocenters. The van der Waals surface area contributed by atoms with Crippen LogP contribution < -0.4 is 16.0 Å². The summed E-state index contributed by atoms with van der Waals surface area (Å²) in [6.07, 6.45) is 11.2. The summed E-state index contributed by atoms with van der Waals surface area (Å²) in [6, 6.07) is 8.93. The summed E-state index contributed by atoms with van der Waals surface area (Å²) in [5.74, 6) is -0.535. The zero-order valence-corrected chi connectivity index (χ0v) is 24.9. The van der Waals surface area contributed by atoms with Crippen LogP contribution in [0.3, 0.4) is 0 Å². The van der Waals surface area contributed by atoms with E-state index in [9.17, 15) is 9.59 Å². The van der Waals surface area contributed by atoms with Crippen molar-refractivity contribution in [2.24, 2.45) is 5.92 Å². The van der Waals surface area contributed by atoms with Gasteiger partial charge in [-0.1, -0.05) is 63.4 Å². The molecule has 2 heterocycles. The lowest BCUT2D eigenvalue weighted by Crippen LogP contribution is -2.58. The highest BCUT2D eigenvalue weighted by atomic mass is 16.5. The smallest absolute Gasteiger partial charge is 0.406 e. The summed E-state index contributed by atoms with van der Waals surface area (Å²) < 4.78 is 6.69. The molecule has 0 aliphatic carbocycles. The Morgan fingerprint density at radius 1 is 1.10 bits per heavy atom. The number of aromatic nitrogens is 2. The van der Waals surface area contributed by atoms with E-state index < -0.39 is 11.9 Å². The average molecular weight is 551 g/mol. The van der Waals surface area contributed by atoms with Crippen molar-refractivity contribution in [2.75, 3.05) is 27.2 Å². The summed E-state index contributed by atoms with van der Waals surface area (Å²) in [5.41, 5.74) is 0.873. The minimum absolute atomic E-state index is 0.174. The number of benzene rings is 1. The molecular weight excluding hydrogens is 503 g/mol. The fraction of sp³-hybridized carbons (Fsp3) is 0.600. The molecule has 40 heavy (non-hydrogen) atoms. The number of nitrogens with zero attached hydrogens (tertiary/aromatic N) is 3. The van der Waals surface area contributed by atoms with Gasteiger partial charge in [0, 0.05) is 25.4 Å². The highest BCUT2D eigenvalue weighted by molar-refractivity contribution is 6.51. The number of likely N-dealkylation sites (N-methyl/N-ethyl adjacent to an activating group) is 1. The molecule has 1 unspecified atom stereocenters. The second kappa shape index (κ2) is 15.8. The van der Waals surface area contributed by atoms with E-state index in [1.54, 1.807) is 0 Å². The molecule has 2 amide bonds. The third kappa shape index (κ3) is 9.98. The molecule has 0 saturated carbocycles. The first-order chi connectivity index (χ1) is 19.2. The summed E-state index contributed by atoms with van der Waals surface area (Å²) in [4.78, 5) is 37.1. The molecule has 9 nitrogen and oxygen atoms in total. The zero-order valence-electron chi connectivity index (χ0n) is 24.9. The van der Waals surface area contributed by atoms with Crippen LogP contribution in [-0.2, 0) is 15.9 Å². The third-order valence-electron chi connectivity index (χ3n) is 7.40. The maximum Gasteiger partial charge on any atom is 0.406 e. The van der Waals surface area contributed by atoms with E-state index in [2.05, 4.69) is 58.5 Å². The van der Waals surface area contributed by atoms with Gasteiger partial charge in [0.05, 0.1) is 17.7 Å². The highest BCUT2D eigenvalue weighted by Crippen LogP contribution is 2.30. The van der Waals surface area contributed by atoms with Gasteiger partial charge in [0.2, 0.25) is 5.91 Å². The van der Waals surface area contributed by atoms with Gasteiger partial charge in [-0.25, -0.2) is 4.98 Å². The number of hydrogen-bond acceptors (Lipinski definition) is 7. The van der Waals surface area contributed by atoms with Gasteiger partial charge in [0.15, 0.2) is 0 Å². The molecule has 1 saturated heterocycles. The first kappa shape index (κ1) is 31.7. The van der Waals surface area contributed by atoms with Gasteiger partial charge >= 0.3 is 7.05 Å². The van der Waals surface area contributed by atoms with Crippen LogP contribution in [0.5, 0.6) is 0 Å². The van der Waals surface area contributed by atoms with E-state index in [1.807, 2.05) is 37.4 Å². The lowest BCUT2D eigenvalue weighted by molar-refractivity contribution is -0.123. The van der Waals surface area contributed by atoms with Crippen LogP contribution in [0.4, 0.5) is 0 Å². The Morgan fingerprint density at radius 3 is 2.52 bits per heavy atom. The fourth-order valence-corrected chi connectivity index (χ4v) is 5.46. The molecule has 10 heteroatoms. The average Bonchev–Trinajstić information content (AvgIpc) is 3.24. The third-order valence-corrected chi connectivity index (χ3v) is 7.40. The van der Waals surface area contributed by atoms with Crippen molar-refractivity contribution in [3.63, 3.8) is 0 Å². The number of carbonyl (C=O) groups excluding carboxylic acids is 2. The Kier molecular flexibility index (Phi) is 12.6. The molecule has 2 aromatic rings. The SMILES string of the molecule is CNCCCCCCC1(C)CN(C)B([C@H](CC(C)C)NC(=O)[C@H](Cc2ccccc2)NC(=O)c2cnccn2)O1. The van der Waals surface area contributed by atoms with Crippen molar-refractivity contribution >= 4 is 18.9 Å². The molecule has 3 N–H and O–H groups in total. The van der Waals surface area contributed by atoms with Gasteiger partial charge in [-0.2, -0.15) is 0 Å². The topological polar surface area (TPSA) is 108 Å². The van der Waals surface area contributed by atoms with E-state index >= 15 is 0 Å². The Morgan fingerprint density at radius 2 is 1.85 bits per heavy atom. The second-order valence-corrected chi connectivity index (χ2v) is 11.7. The van der Waals surface area contributed by atoms with E-state index in [0.29, 0.717) is 12.3 Å². The monoisotopic (exact) mass is 550 g/mol. The molecule has 1 aromatic carbocycles. The number of carbonyl (C=O) groups is 2. The molecule has 1 fully saturated rings. The van der Waals surface area contributed by atoms with Crippen LogP contribution in [0, 0.1) is 5.92 Å². The van der Waals surface area contributed by atoms with Crippen molar-refractivity contribution < 1.29 is 14.2 Å². The Hall–Kier alpha value is -2.82. The van der Waals surface area contributed by atoms with E-state index in [-0.39, 0.29) is 30.2 Å². The number of hydrogen-bond donors (Lipinski definition) is 3. The molecule has 1 aliphatic rings. The molecule has 1 aliphatic heterocycles. The number of amides is 2. The van der Waals surface area contributed by atoms with Crippen molar-refractivity contribution in [1.82, 2.24) is 30.7 Å². The summed E-state index contributed by atoms with van der Waals surface area (Å²) in [5, 5.41) is 9.36. The van der Waals surface area contributed by atoms with E-state index in [1.165, 1.54) is 37.9 Å². The van der Waals surface area contributed by atoms with E-state index in [4.69, 9.17) is 4.65 Å². The summed E-state index contributed by atoms with van der Waals surface area (Å²) in [7, 11) is 3.82. The van der Waals surface area contributed by atoms with Crippen molar-refractivity contribution in [2.45, 2.75) is 83.3 Å². The summed E-state index contributed by atoms with van der Waals surface area (Å²) in [6.45, 7) is 8.35. The van der Waals surface area contributed by atoms with Crippen molar-refractivity contribution in [3.05, 3.63) is 60.2 Å². The summed E-state index contributed by atoms with van der Waals surface area (Å²) >= 11 is 0. The number of nitrogens with one attached hydrogen (secondary N) is 3. The van der Waals surface area contributed by atoms with Gasteiger partial charge in [-0.15, -0.1) is 0 Å². The lowest BCUT2D eigenvalue weighted by Gasteiger charge is -2.29. The number of unbranched alkanes of at least 4 members (excludes halogenated alkanes) is 3. The molecule has 0 radical (unpaired) electrons. The second-order valence-electron chi connectivity index (χ2n) is 11.7. The maximum absolute atomic E-state index is 13.8. The largest absolute Gasteiger partial charge is 0.413 e. The molecule has 218 valence electrons. The van der Waals surface area contributed by atoms with Gasteiger partial charge in [0.1, 0.15) is 11.7 Å². The minimum Gasteiger partial charge on any atom is -0.413 e. The molecule has 3 rings (SSSR count). The zero-order chi connectivity index (χ0) is 29.0. The standard InChI is InChI=1S/C30H47BN6O3/c1-23(2)19-27(31-37(5)22-30(3,40-31)15-11-6-7-12-16-32-4)36-28(38)25(20-24-13-9-8-10-14-24)35-29(39)26-21-33-17-18-34-26/h8-10,13-14,17-18,21,23,25,27,32H,6-7,11-12,15-16,19-20,22H2,1-5H3,(H,35,39)(H,36,38)/t25-,27-,30?/m0/s1. The van der Waals surface area contributed by atoms with Crippen molar-refractivity contribution in [3.8, 4) is 0 Å². The first-order valence-corrected chi connectivity index (χ1v) is 14.6. The van der Waals surface area contributed by atoms with Crippen LogP contribution in [0.15, 0.2) is 48.9 Å². The van der Waals surface area contributed by atoms with Gasteiger partial charge in [0.25, 0.3) is 5.91 Å². The normalized spacial score (nSPS) is 19.0. The predicted octanol–water partition coefficient (Wildman–Crippen LogP) is 3.27. The number of rotatable bonds is 16. The Balaban J connectivity index is 1.70. The van der Waals surface area contributed by atoms with Gasteiger partial charge in [-0.05, 0) is 58.3 Å². The fourth-order valence-electron chi connectivity index (χ4n) is 5.46. The van der Waals surface area contributed by atoms with Crippen LogP contribution >= 0.6 is 0 Å². The Bertz CT molecular complexity index is 1040. The first-order valence-electron chi connectivity index (χ1n) is 14.6. The minimum atomic E-state index is -0.776. The van der Waals surface area contributed by atoms with Gasteiger partial charge in [-0.3, -0.25) is 14.6 Å². The van der Waals surface area contributed by atoms with Gasteiger partial charge < -0.3 is 25.4 Å². The van der Waals surface area contributed by atoms with Crippen molar-refractivity contribution in [1.29, 1.82) is 0 Å². The Labute approximate surface area is 240 Å².